The molecule has 20 heavy (non-hydrogen) atoms. The number of benzene rings is 1. The Morgan fingerprint density at radius 3 is 2.50 bits per heavy atom. The van der Waals surface area contributed by atoms with Crippen LogP contribution in [-0.2, 0) is 12.8 Å². The van der Waals surface area contributed by atoms with E-state index >= 15 is 0 Å². The molecule has 0 spiro atoms. The highest BCUT2D eigenvalue weighted by Crippen LogP contribution is 2.23. The molecule has 104 valence electrons. The van der Waals surface area contributed by atoms with Crippen LogP contribution < -0.4 is 10.6 Å². The number of rotatable bonds is 5. The minimum Gasteiger partial charge on any atom is -0.369 e. The van der Waals surface area contributed by atoms with Gasteiger partial charge in [0.1, 0.15) is 11.6 Å². The average Bonchev–Trinajstić information content (AvgIpc) is 2.87. The van der Waals surface area contributed by atoms with Crippen LogP contribution in [0.5, 0.6) is 0 Å². The lowest BCUT2D eigenvalue weighted by atomic mass is 10.1. The number of anilines is 2. The van der Waals surface area contributed by atoms with Gasteiger partial charge in [-0.2, -0.15) is 0 Å². The monoisotopic (exact) mass is 268 g/mol. The van der Waals surface area contributed by atoms with Gasteiger partial charge in [-0.15, -0.1) is 0 Å². The maximum absolute atomic E-state index is 4.55. The summed E-state index contributed by atoms with van der Waals surface area (Å²) in [4.78, 5) is 8.79. The van der Waals surface area contributed by atoms with Crippen LogP contribution in [0.1, 0.15) is 24.5 Å². The van der Waals surface area contributed by atoms with Crippen molar-refractivity contribution in [3.05, 3.63) is 47.8 Å². The first-order valence-electron chi connectivity index (χ1n) is 7.24. The zero-order valence-electron chi connectivity index (χ0n) is 11.8. The molecule has 4 heteroatoms. The molecule has 0 bridgehead atoms. The van der Waals surface area contributed by atoms with Gasteiger partial charge in [0.15, 0.2) is 0 Å². The van der Waals surface area contributed by atoms with E-state index in [0.29, 0.717) is 6.04 Å². The second kappa shape index (κ2) is 5.90. The van der Waals surface area contributed by atoms with Crippen LogP contribution in [0.4, 0.5) is 11.6 Å². The Morgan fingerprint density at radius 2 is 1.80 bits per heavy atom. The van der Waals surface area contributed by atoms with Crippen LogP contribution in [0, 0.1) is 0 Å². The van der Waals surface area contributed by atoms with Gasteiger partial charge in [-0.3, -0.25) is 4.98 Å². The Balaban J connectivity index is 1.64. The fourth-order valence-electron chi connectivity index (χ4n) is 2.64. The van der Waals surface area contributed by atoms with Gasteiger partial charge in [-0.1, -0.05) is 31.2 Å². The highest BCUT2D eigenvalue weighted by molar-refractivity contribution is 5.44. The standard InChI is InChI=1S/C16H20N4/c1-2-7-18-15-10-17-11-16(20-15)19-14-8-12-5-3-4-6-13(12)9-14/h3-6,10-11,14H,2,7-9H2,1H3,(H2,18,19,20). The van der Waals surface area contributed by atoms with Crippen LogP contribution in [0.2, 0.25) is 0 Å². The van der Waals surface area contributed by atoms with E-state index in [1.54, 1.807) is 12.4 Å². The molecule has 0 fully saturated rings. The minimum absolute atomic E-state index is 0.420. The number of aromatic nitrogens is 2. The van der Waals surface area contributed by atoms with Gasteiger partial charge >= 0.3 is 0 Å². The lowest BCUT2D eigenvalue weighted by Gasteiger charge is -2.13. The van der Waals surface area contributed by atoms with Crippen LogP contribution in [0.3, 0.4) is 0 Å². The third kappa shape index (κ3) is 2.90. The average molecular weight is 268 g/mol. The third-order valence-electron chi connectivity index (χ3n) is 3.59. The Bertz CT molecular complexity index is 557. The zero-order valence-corrected chi connectivity index (χ0v) is 11.8. The second-order valence-corrected chi connectivity index (χ2v) is 5.23. The van der Waals surface area contributed by atoms with E-state index in [9.17, 15) is 0 Å². The van der Waals surface area contributed by atoms with Gasteiger partial charge in [0.2, 0.25) is 0 Å². The number of nitrogens with zero attached hydrogens (tertiary/aromatic N) is 2. The van der Waals surface area contributed by atoms with Crippen molar-refractivity contribution in [1.82, 2.24) is 9.97 Å². The van der Waals surface area contributed by atoms with Crippen molar-refractivity contribution < 1.29 is 0 Å². The fraction of sp³-hybridized carbons (Fsp3) is 0.375. The summed E-state index contributed by atoms with van der Waals surface area (Å²) in [6.07, 6.45) is 6.76. The van der Waals surface area contributed by atoms with Crippen molar-refractivity contribution in [2.45, 2.75) is 32.2 Å². The van der Waals surface area contributed by atoms with Crippen LogP contribution in [-0.4, -0.2) is 22.6 Å². The van der Waals surface area contributed by atoms with Crippen molar-refractivity contribution >= 4 is 11.6 Å². The number of hydrogen-bond donors (Lipinski definition) is 2. The van der Waals surface area contributed by atoms with E-state index in [-0.39, 0.29) is 0 Å². The molecule has 0 unspecified atom stereocenters. The van der Waals surface area contributed by atoms with Crippen molar-refractivity contribution in [3.63, 3.8) is 0 Å². The summed E-state index contributed by atoms with van der Waals surface area (Å²) in [6.45, 7) is 3.06. The van der Waals surface area contributed by atoms with Crippen molar-refractivity contribution in [3.8, 4) is 0 Å². The molecule has 0 aliphatic heterocycles. The molecule has 1 aromatic heterocycles. The third-order valence-corrected chi connectivity index (χ3v) is 3.59. The number of hydrogen-bond acceptors (Lipinski definition) is 4. The predicted molar refractivity (Wildman–Crippen MR) is 82.1 cm³/mol. The Labute approximate surface area is 119 Å². The highest BCUT2D eigenvalue weighted by Gasteiger charge is 2.20. The lowest BCUT2D eigenvalue weighted by Crippen LogP contribution is -2.20. The summed E-state index contributed by atoms with van der Waals surface area (Å²) in [5.41, 5.74) is 2.89. The van der Waals surface area contributed by atoms with Gasteiger partial charge < -0.3 is 10.6 Å². The van der Waals surface area contributed by atoms with E-state index in [1.807, 2.05) is 0 Å². The molecular formula is C16H20N4. The summed E-state index contributed by atoms with van der Waals surface area (Å²) in [7, 11) is 0. The minimum atomic E-state index is 0.420. The smallest absolute Gasteiger partial charge is 0.147 e. The Hall–Kier alpha value is -2.10. The Kier molecular flexibility index (Phi) is 3.81. The molecule has 2 N–H and O–H groups in total. The van der Waals surface area contributed by atoms with Crippen LogP contribution >= 0.6 is 0 Å². The summed E-state index contributed by atoms with van der Waals surface area (Å²) >= 11 is 0. The molecule has 0 saturated heterocycles. The van der Waals surface area contributed by atoms with Gasteiger partial charge in [0.25, 0.3) is 0 Å². The topological polar surface area (TPSA) is 49.8 Å². The number of fused-ring (bicyclic) bond motifs is 1. The maximum atomic E-state index is 4.55. The van der Waals surface area contributed by atoms with Crippen molar-refractivity contribution in [1.29, 1.82) is 0 Å². The molecule has 1 heterocycles. The second-order valence-electron chi connectivity index (χ2n) is 5.23. The summed E-state index contributed by atoms with van der Waals surface area (Å²) in [5.74, 6) is 1.69. The van der Waals surface area contributed by atoms with Crippen molar-refractivity contribution in [2.75, 3.05) is 17.2 Å². The quantitative estimate of drug-likeness (QED) is 0.875. The van der Waals surface area contributed by atoms with Crippen LogP contribution in [0.25, 0.3) is 0 Å². The summed E-state index contributed by atoms with van der Waals surface area (Å²) < 4.78 is 0. The fourth-order valence-corrected chi connectivity index (χ4v) is 2.64. The van der Waals surface area contributed by atoms with E-state index < -0.39 is 0 Å². The van der Waals surface area contributed by atoms with E-state index in [0.717, 1.165) is 37.4 Å². The highest BCUT2D eigenvalue weighted by atomic mass is 15.1. The maximum Gasteiger partial charge on any atom is 0.147 e. The van der Waals surface area contributed by atoms with Gasteiger partial charge in [-0.05, 0) is 30.4 Å². The normalized spacial score (nSPS) is 14.1. The molecule has 0 radical (unpaired) electrons. The van der Waals surface area contributed by atoms with Gasteiger partial charge in [-0.25, -0.2) is 4.98 Å². The molecular weight excluding hydrogens is 248 g/mol. The molecule has 0 atom stereocenters. The first-order valence-corrected chi connectivity index (χ1v) is 7.24. The molecule has 4 nitrogen and oxygen atoms in total. The zero-order chi connectivity index (χ0) is 13.8. The van der Waals surface area contributed by atoms with E-state index in [4.69, 9.17) is 0 Å². The molecule has 2 aromatic rings. The van der Waals surface area contributed by atoms with E-state index in [2.05, 4.69) is 51.8 Å². The van der Waals surface area contributed by atoms with Gasteiger partial charge in [0, 0.05) is 12.6 Å². The predicted octanol–water partition coefficient (Wildman–Crippen LogP) is 2.88. The Morgan fingerprint density at radius 1 is 1.10 bits per heavy atom. The summed E-state index contributed by atoms with van der Waals surface area (Å²) in [5, 5.41) is 6.75. The first-order chi connectivity index (χ1) is 9.85. The molecule has 1 aliphatic carbocycles. The first kappa shape index (κ1) is 12.9. The largest absolute Gasteiger partial charge is 0.369 e. The molecule has 0 amide bonds. The molecule has 0 saturated carbocycles. The van der Waals surface area contributed by atoms with Crippen LogP contribution in [0.15, 0.2) is 36.7 Å². The van der Waals surface area contributed by atoms with Gasteiger partial charge in [0.05, 0.1) is 12.4 Å². The number of nitrogens with one attached hydrogen (secondary N) is 2. The molecule has 1 aliphatic rings. The van der Waals surface area contributed by atoms with E-state index in [1.165, 1.54) is 11.1 Å². The summed E-state index contributed by atoms with van der Waals surface area (Å²) in [6, 6.07) is 9.05. The van der Waals surface area contributed by atoms with Crippen molar-refractivity contribution in [2.24, 2.45) is 0 Å². The molecule has 3 rings (SSSR count). The SMILES string of the molecule is CCCNc1cncc(NC2Cc3ccccc3C2)n1. The lowest BCUT2D eigenvalue weighted by molar-refractivity contribution is 0.767. The molecule has 1 aromatic carbocycles.